The number of benzene rings is 1. The van der Waals surface area contributed by atoms with Crippen molar-refractivity contribution in [1.29, 1.82) is 0 Å². The Labute approximate surface area is 248 Å². The normalized spacial score (nSPS) is 24.1. The first kappa shape index (κ1) is 28.2. The lowest BCUT2D eigenvalue weighted by Crippen LogP contribution is -2.50. The quantitative estimate of drug-likeness (QED) is 0.374. The van der Waals surface area contributed by atoms with Crippen molar-refractivity contribution in [3.05, 3.63) is 52.5 Å². The second-order valence-corrected chi connectivity index (χ2v) is 12.7. The first-order valence-corrected chi connectivity index (χ1v) is 16.3. The molecule has 7 nitrogen and oxygen atoms in total. The SMILES string of the molecule is COc1cc(N2CCN(C3CC=CCC(C4CCCC4)CC3)CC2)ccc1NC(=O)c1csc(C2=CCCN=C2)n1. The molecule has 2 fully saturated rings. The fraction of sp³-hybridized carbons (Fsp3) is 0.545. The van der Waals surface area contributed by atoms with Crippen LogP contribution >= 0.6 is 11.3 Å². The van der Waals surface area contributed by atoms with Crippen LogP contribution in [0.2, 0.25) is 0 Å². The third kappa shape index (κ3) is 6.75. The Morgan fingerprint density at radius 3 is 2.63 bits per heavy atom. The van der Waals surface area contributed by atoms with Crippen LogP contribution in [0.5, 0.6) is 5.75 Å². The summed E-state index contributed by atoms with van der Waals surface area (Å²) in [5.41, 5.74) is 3.19. The van der Waals surface area contributed by atoms with Crippen LogP contribution in [0.15, 0.2) is 46.8 Å². The van der Waals surface area contributed by atoms with Gasteiger partial charge in [-0.3, -0.25) is 14.7 Å². The zero-order chi connectivity index (χ0) is 28.0. The maximum atomic E-state index is 13.0. The number of amides is 1. The summed E-state index contributed by atoms with van der Waals surface area (Å²) >= 11 is 1.47. The van der Waals surface area contributed by atoms with E-state index < -0.39 is 0 Å². The van der Waals surface area contributed by atoms with Crippen LogP contribution < -0.4 is 15.0 Å². The number of carbonyl (C=O) groups is 1. The predicted molar refractivity (Wildman–Crippen MR) is 170 cm³/mol. The number of nitrogens with zero attached hydrogens (tertiary/aromatic N) is 4. The van der Waals surface area contributed by atoms with E-state index in [0.29, 0.717) is 23.2 Å². The number of allylic oxidation sites excluding steroid dienone is 2. The van der Waals surface area contributed by atoms with Crippen LogP contribution in [0.1, 0.15) is 73.3 Å². The Hall–Kier alpha value is -2.97. The maximum absolute atomic E-state index is 13.0. The number of dihydropyridines is 1. The van der Waals surface area contributed by atoms with Gasteiger partial charge in [-0.1, -0.05) is 43.9 Å². The van der Waals surface area contributed by atoms with Crippen LogP contribution in [0.4, 0.5) is 11.4 Å². The molecule has 2 atom stereocenters. The average molecular weight is 574 g/mol. The molecule has 2 aromatic rings. The monoisotopic (exact) mass is 573 g/mol. The highest BCUT2D eigenvalue weighted by atomic mass is 32.1. The minimum absolute atomic E-state index is 0.232. The van der Waals surface area contributed by atoms with Crippen LogP contribution in [-0.4, -0.2) is 67.9 Å². The van der Waals surface area contributed by atoms with E-state index >= 15 is 0 Å². The van der Waals surface area contributed by atoms with Gasteiger partial charge in [-0.25, -0.2) is 4.98 Å². The maximum Gasteiger partial charge on any atom is 0.275 e. The molecule has 1 saturated carbocycles. The summed E-state index contributed by atoms with van der Waals surface area (Å²) < 4.78 is 5.70. The molecule has 0 radical (unpaired) electrons. The van der Waals surface area contributed by atoms with Gasteiger partial charge in [-0.15, -0.1) is 11.3 Å². The lowest BCUT2D eigenvalue weighted by atomic mass is 9.81. The van der Waals surface area contributed by atoms with Gasteiger partial charge < -0.3 is 15.0 Å². The van der Waals surface area contributed by atoms with E-state index in [1.807, 2.05) is 18.3 Å². The molecule has 3 heterocycles. The molecule has 0 bridgehead atoms. The molecule has 2 aliphatic heterocycles. The van der Waals surface area contributed by atoms with E-state index in [0.717, 1.165) is 67.2 Å². The van der Waals surface area contributed by atoms with E-state index in [1.54, 1.807) is 12.5 Å². The summed E-state index contributed by atoms with van der Waals surface area (Å²) in [5.74, 6) is 2.29. The minimum atomic E-state index is -0.232. The first-order valence-electron chi connectivity index (χ1n) is 15.5. The van der Waals surface area contributed by atoms with E-state index in [1.165, 1.54) is 62.7 Å². The predicted octanol–water partition coefficient (Wildman–Crippen LogP) is 6.69. The highest BCUT2D eigenvalue weighted by Gasteiger charge is 2.29. The van der Waals surface area contributed by atoms with Gasteiger partial charge in [0, 0.05) is 67.7 Å². The van der Waals surface area contributed by atoms with E-state index in [4.69, 9.17) is 4.74 Å². The molecule has 0 spiro atoms. The summed E-state index contributed by atoms with van der Waals surface area (Å²) in [7, 11) is 1.66. The fourth-order valence-corrected chi connectivity index (χ4v) is 7.84. The van der Waals surface area contributed by atoms with Crippen molar-refractivity contribution >= 4 is 40.4 Å². The smallest absolute Gasteiger partial charge is 0.275 e. The van der Waals surface area contributed by atoms with E-state index in [2.05, 4.69) is 49.4 Å². The van der Waals surface area contributed by atoms with Crippen LogP contribution in [-0.2, 0) is 0 Å². The number of nitrogens with one attached hydrogen (secondary N) is 1. The standard InChI is InChI=1S/C33H43N5O2S/c1-40-31-21-28(14-15-29(31)35-32(39)30-23-41-33(36-30)26-10-6-16-34-22-26)38-19-17-37(18-20-38)27-11-5-4-9-25(12-13-27)24-7-2-3-8-24/h4-5,10,14-15,21-25,27H,2-3,6-9,11-13,16-20H2,1H3,(H,35,39). The van der Waals surface area contributed by atoms with Gasteiger partial charge in [0.25, 0.3) is 5.91 Å². The lowest BCUT2D eigenvalue weighted by molar-refractivity contribution is 0.102. The number of rotatable bonds is 7. The zero-order valence-corrected chi connectivity index (χ0v) is 25.1. The lowest BCUT2D eigenvalue weighted by Gasteiger charge is -2.41. The fourth-order valence-electron chi connectivity index (χ4n) is 7.03. The molecular formula is C33H43N5O2S. The molecule has 2 aliphatic carbocycles. The van der Waals surface area contributed by atoms with Crippen molar-refractivity contribution < 1.29 is 9.53 Å². The molecule has 218 valence electrons. The summed E-state index contributed by atoms with van der Waals surface area (Å²) in [6.45, 7) is 4.98. The van der Waals surface area contributed by atoms with Crippen molar-refractivity contribution in [2.45, 2.75) is 63.8 Å². The first-order chi connectivity index (χ1) is 20.2. The van der Waals surface area contributed by atoms with Gasteiger partial charge in [0.1, 0.15) is 16.5 Å². The Kier molecular flexibility index (Phi) is 9.16. The number of carbonyl (C=O) groups excluding carboxylic acids is 1. The van der Waals surface area contributed by atoms with Crippen molar-refractivity contribution in [3.8, 4) is 5.75 Å². The number of anilines is 2. The van der Waals surface area contributed by atoms with Crippen LogP contribution in [0.3, 0.4) is 0 Å². The number of thiazole rings is 1. The molecule has 1 aromatic heterocycles. The second-order valence-electron chi connectivity index (χ2n) is 11.9. The molecular weight excluding hydrogens is 530 g/mol. The summed E-state index contributed by atoms with van der Waals surface area (Å²) in [6.07, 6.45) is 20.8. The van der Waals surface area contributed by atoms with Crippen LogP contribution in [0.25, 0.3) is 5.57 Å². The Morgan fingerprint density at radius 1 is 1.02 bits per heavy atom. The molecule has 6 rings (SSSR count). The van der Waals surface area contributed by atoms with Gasteiger partial charge >= 0.3 is 0 Å². The molecule has 1 amide bonds. The molecule has 8 heteroatoms. The van der Waals surface area contributed by atoms with Crippen molar-refractivity contribution in [1.82, 2.24) is 9.88 Å². The number of hydrogen-bond donors (Lipinski definition) is 1. The zero-order valence-electron chi connectivity index (χ0n) is 24.3. The summed E-state index contributed by atoms with van der Waals surface area (Å²) in [5, 5.41) is 5.63. The van der Waals surface area contributed by atoms with Crippen LogP contribution in [0, 0.1) is 11.8 Å². The molecule has 2 unspecified atom stereocenters. The highest BCUT2D eigenvalue weighted by molar-refractivity contribution is 7.11. The Morgan fingerprint density at radius 2 is 1.85 bits per heavy atom. The molecule has 4 aliphatic rings. The molecule has 1 N–H and O–H groups in total. The molecule has 1 saturated heterocycles. The third-order valence-corrected chi connectivity index (χ3v) is 10.3. The summed E-state index contributed by atoms with van der Waals surface area (Å²) in [4.78, 5) is 27.0. The second kappa shape index (κ2) is 13.3. The largest absolute Gasteiger partial charge is 0.494 e. The highest BCUT2D eigenvalue weighted by Crippen LogP contribution is 2.38. The number of aliphatic imine (C=N–C) groups is 1. The molecule has 41 heavy (non-hydrogen) atoms. The summed E-state index contributed by atoms with van der Waals surface area (Å²) in [6, 6.07) is 6.75. The van der Waals surface area contributed by atoms with Crippen molar-refractivity contribution in [3.63, 3.8) is 0 Å². The van der Waals surface area contributed by atoms with E-state index in [-0.39, 0.29) is 5.91 Å². The van der Waals surface area contributed by atoms with Crippen molar-refractivity contribution in [2.75, 3.05) is 50.1 Å². The third-order valence-electron chi connectivity index (χ3n) is 9.42. The number of ether oxygens (including phenoxy) is 1. The van der Waals surface area contributed by atoms with Gasteiger partial charge in [-0.05, 0) is 56.1 Å². The van der Waals surface area contributed by atoms with Crippen molar-refractivity contribution in [2.24, 2.45) is 16.8 Å². The topological polar surface area (TPSA) is 70.1 Å². The number of aromatic nitrogens is 1. The number of piperazine rings is 1. The van der Waals surface area contributed by atoms with Gasteiger partial charge in [0.05, 0.1) is 12.8 Å². The Balaban J connectivity index is 1.04. The minimum Gasteiger partial charge on any atom is -0.494 e. The number of methoxy groups -OCH3 is 1. The number of hydrogen-bond acceptors (Lipinski definition) is 7. The van der Waals surface area contributed by atoms with Gasteiger partial charge in [-0.2, -0.15) is 0 Å². The molecule has 1 aromatic carbocycles. The van der Waals surface area contributed by atoms with Gasteiger partial charge in [0.15, 0.2) is 0 Å². The van der Waals surface area contributed by atoms with Gasteiger partial charge in [0.2, 0.25) is 0 Å². The van der Waals surface area contributed by atoms with E-state index in [9.17, 15) is 4.79 Å². The average Bonchev–Trinajstić information content (AvgIpc) is 3.72. The Bertz CT molecular complexity index is 1290.